The molecule has 0 radical (unpaired) electrons. The van der Waals surface area contributed by atoms with E-state index in [9.17, 15) is 14.0 Å². The average Bonchev–Trinajstić information content (AvgIpc) is 2.80. The molecular formula is C24H20BrFN2O3. The van der Waals surface area contributed by atoms with Gasteiger partial charge in [0.15, 0.2) is 5.78 Å². The van der Waals surface area contributed by atoms with E-state index in [1.165, 1.54) is 6.07 Å². The Kier molecular flexibility index (Phi) is 6.44. The zero-order chi connectivity index (χ0) is 21.8. The number of benzene rings is 3. The summed E-state index contributed by atoms with van der Waals surface area (Å²) in [5.41, 5.74) is 1.79. The molecule has 0 spiro atoms. The predicted octanol–water partition coefficient (Wildman–Crippen LogP) is 4.91. The monoisotopic (exact) mass is 482 g/mol. The van der Waals surface area contributed by atoms with Gasteiger partial charge in [-0.15, -0.1) is 0 Å². The molecule has 1 heterocycles. The number of hydrogen-bond donors (Lipinski definition) is 1. The van der Waals surface area contributed by atoms with E-state index in [4.69, 9.17) is 4.74 Å². The summed E-state index contributed by atoms with van der Waals surface area (Å²) in [6, 6.07) is 18.1. The van der Waals surface area contributed by atoms with E-state index in [-0.39, 0.29) is 16.9 Å². The fraction of sp³-hybridized carbons (Fsp3) is 0.167. The molecule has 3 aromatic rings. The van der Waals surface area contributed by atoms with E-state index >= 15 is 0 Å². The standard InChI is InChI=1S/C24H20BrFN2O3/c25-17-7-5-16(6-8-17)23(29)19-3-1-2-4-20(19)24(30)27-18-9-10-22(21(26)15-18)28-11-13-31-14-12-28/h1-10,15H,11-14H2,(H,27,30). The second kappa shape index (κ2) is 9.41. The Morgan fingerprint density at radius 1 is 0.935 bits per heavy atom. The van der Waals surface area contributed by atoms with Crippen LogP contribution in [0.4, 0.5) is 15.8 Å². The third-order valence-electron chi connectivity index (χ3n) is 5.08. The zero-order valence-corrected chi connectivity index (χ0v) is 18.2. The number of carbonyl (C=O) groups is 2. The zero-order valence-electron chi connectivity index (χ0n) is 16.6. The van der Waals surface area contributed by atoms with Gasteiger partial charge in [-0.3, -0.25) is 9.59 Å². The number of carbonyl (C=O) groups excluding carboxylic acids is 2. The van der Waals surface area contributed by atoms with Gasteiger partial charge < -0.3 is 15.0 Å². The van der Waals surface area contributed by atoms with E-state index in [2.05, 4.69) is 21.2 Å². The minimum absolute atomic E-state index is 0.230. The maximum Gasteiger partial charge on any atom is 0.256 e. The molecule has 1 amide bonds. The maximum absolute atomic E-state index is 14.7. The highest BCUT2D eigenvalue weighted by Crippen LogP contribution is 2.25. The number of ether oxygens (including phenoxy) is 1. The van der Waals surface area contributed by atoms with Crippen molar-refractivity contribution in [3.63, 3.8) is 0 Å². The second-order valence-corrected chi connectivity index (χ2v) is 8.02. The molecule has 4 rings (SSSR count). The van der Waals surface area contributed by atoms with E-state index in [1.54, 1.807) is 60.7 Å². The number of hydrogen-bond acceptors (Lipinski definition) is 4. The third-order valence-corrected chi connectivity index (χ3v) is 5.61. The number of nitrogens with one attached hydrogen (secondary N) is 1. The Morgan fingerprint density at radius 3 is 2.29 bits per heavy atom. The number of amides is 1. The van der Waals surface area contributed by atoms with Crippen molar-refractivity contribution < 1.29 is 18.7 Å². The van der Waals surface area contributed by atoms with Crippen LogP contribution in [0.2, 0.25) is 0 Å². The molecule has 1 aliphatic rings. The van der Waals surface area contributed by atoms with Crippen LogP contribution in [0.3, 0.4) is 0 Å². The van der Waals surface area contributed by atoms with Gasteiger partial charge in [-0.2, -0.15) is 0 Å². The molecule has 0 unspecified atom stereocenters. The first-order chi connectivity index (χ1) is 15.0. The van der Waals surface area contributed by atoms with Crippen LogP contribution >= 0.6 is 15.9 Å². The van der Waals surface area contributed by atoms with Gasteiger partial charge in [0.05, 0.1) is 24.5 Å². The van der Waals surface area contributed by atoms with E-state index in [0.717, 1.165) is 4.47 Å². The molecule has 0 atom stereocenters. The lowest BCUT2D eigenvalue weighted by Gasteiger charge is -2.29. The lowest BCUT2D eigenvalue weighted by atomic mass is 9.98. The number of nitrogens with zero attached hydrogens (tertiary/aromatic N) is 1. The number of halogens is 2. The minimum Gasteiger partial charge on any atom is -0.378 e. The van der Waals surface area contributed by atoms with Crippen LogP contribution < -0.4 is 10.2 Å². The Morgan fingerprint density at radius 2 is 1.61 bits per heavy atom. The quantitative estimate of drug-likeness (QED) is 0.525. The largest absolute Gasteiger partial charge is 0.378 e. The normalized spacial score (nSPS) is 13.7. The summed E-state index contributed by atoms with van der Waals surface area (Å²) >= 11 is 3.35. The van der Waals surface area contributed by atoms with E-state index < -0.39 is 11.7 Å². The molecule has 0 bridgehead atoms. The van der Waals surface area contributed by atoms with Crippen molar-refractivity contribution in [2.24, 2.45) is 0 Å². The van der Waals surface area contributed by atoms with Crippen LogP contribution in [0.1, 0.15) is 26.3 Å². The lowest BCUT2D eigenvalue weighted by Crippen LogP contribution is -2.36. The van der Waals surface area contributed by atoms with Crippen molar-refractivity contribution in [3.8, 4) is 0 Å². The summed E-state index contributed by atoms with van der Waals surface area (Å²) in [6.45, 7) is 2.35. The van der Waals surface area contributed by atoms with Gasteiger partial charge in [-0.25, -0.2) is 4.39 Å². The molecular weight excluding hydrogens is 463 g/mol. The highest BCUT2D eigenvalue weighted by atomic mass is 79.9. The van der Waals surface area contributed by atoms with Crippen LogP contribution in [0.5, 0.6) is 0 Å². The van der Waals surface area contributed by atoms with Gasteiger partial charge in [0.1, 0.15) is 5.82 Å². The van der Waals surface area contributed by atoms with Crippen molar-refractivity contribution in [2.45, 2.75) is 0 Å². The summed E-state index contributed by atoms with van der Waals surface area (Å²) in [6.07, 6.45) is 0. The first-order valence-corrected chi connectivity index (χ1v) is 10.6. The van der Waals surface area contributed by atoms with Crippen LogP contribution in [-0.4, -0.2) is 38.0 Å². The molecule has 1 N–H and O–H groups in total. The summed E-state index contributed by atoms with van der Waals surface area (Å²) in [5, 5.41) is 2.70. The fourth-order valence-electron chi connectivity index (χ4n) is 3.48. The molecule has 7 heteroatoms. The molecule has 0 aliphatic carbocycles. The highest BCUT2D eigenvalue weighted by molar-refractivity contribution is 9.10. The summed E-state index contributed by atoms with van der Waals surface area (Å²) in [5.74, 6) is -1.15. The van der Waals surface area contributed by atoms with Crippen molar-refractivity contribution in [1.82, 2.24) is 0 Å². The molecule has 3 aromatic carbocycles. The second-order valence-electron chi connectivity index (χ2n) is 7.10. The molecule has 31 heavy (non-hydrogen) atoms. The Bertz CT molecular complexity index is 1110. The minimum atomic E-state index is -0.473. The summed E-state index contributed by atoms with van der Waals surface area (Å²) in [4.78, 5) is 27.8. The summed E-state index contributed by atoms with van der Waals surface area (Å²) < 4.78 is 20.8. The van der Waals surface area contributed by atoms with E-state index in [1.807, 2.05) is 4.90 Å². The topological polar surface area (TPSA) is 58.6 Å². The van der Waals surface area contributed by atoms with Crippen molar-refractivity contribution in [1.29, 1.82) is 0 Å². The molecule has 0 aromatic heterocycles. The van der Waals surface area contributed by atoms with Gasteiger partial charge >= 0.3 is 0 Å². The van der Waals surface area contributed by atoms with Crippen LogP contribution in [-0.2, 0) is 4.74 Å². The van der Waals surface area contributed by atoms with Gasteiger partial charge in [0.2, 0.25) is 0 Å². The average molecular weight is 483 g/mol. The number of anilines is 2. The SMILES string of the molecule is O=C(Nc1ccc(N2CCOCC2)c(F)c1)c1ccccc1C(=O)c1ccc(Br)cc1. The first-order valence-electron chi connectivity index (χ1n) is 9.86. The van der Waals surface area contributed by atoms with Gasteiger partial charge in [-0.05, 0) is 48.5 Å². The number of rotatable bonds is 5. The van der Waals surface area contributed by atoms with Crippen molar-refractivity contribution >= 4 is 39.0 Å². The summed E-state index contributed by atoms with van der Waals surface area (Å²) in [7, 11) is 0. The molecule has 0 saturated carbocycles. The number of morpholine rings is 1. The molecule has 1 fully saturated rings. The molecule has 5 nitrogen and oxygen atoms in total. The Hall–Kier alpha value is -3.03. The van der Waals surface area contributed by atoms with Gasteiger partial charge in [-0.1, -0.05) is 34.1 Å². The highest BCUT2D eigenvalue weighted by Gasteiger charge is 2.19. The lowest BCUT2D eigenvalue weighted by molar-refractivity contribution is 0.0996. The van der Waals surface area contributed by atoms with Gasteiger partial charge in [0, 0.05) is 34.4 Å². The Labute approximate surface area is 188 Å². The van der Waals surface area contributed by atoms with Crippen LogP contribution in [0.25, 0.3) is 0 Å². The number of ketones is 1. The maximum atomic E-state index is 14.7. The van der Waals surface area contributed by atoms with Crippen LogP contribution in [0, 0.1) is 5.82 Å². The third kappa shape index (κ3) is 4.84. The molecule has 158 valence electrons. The predicted molar refractivity (Wildman–Crippen MR) is 121 cm³/mol. The fourth-order valence-corrected chi connectivity index (χ4v) is 3.74. The van der Waals surface area contributed by atoms with Gasteiger partial charge in [0.25, 0.3) is 5.91 Å². The van der Waals surface area contributed by atoms with Crippen molar-refractivity contribution in [2.75, 3.05) is 36.5 Å². The van der Waals surface area contributed by atoms with Crippen molar-refractivity contribution in [3.05, 3.63) is 93.7 Å². The smallest absolute Gasteiger partial charge is 0.256 e. The first kappa shape index (κ1) is 21.2. The van der Waals surface area contributed by atoms with E-state index in [0.29, 0.717) is 43.2 Å². The molecule has 1 aliphatic heterocycles. The molecule has 1 saturated heterocycles. The van der Waals surface area contributed by atoms with Crippen LogP contribution in [0.15, 0.2) is 71.2 Å². The Balaban J connectivity index is 1.55.